The van der Waals surface area contributed by atoms with Gasteiger partial charge >= 0.3 is 0 Å². The van der Waals surface area contributed by atoms with Gasteiger partial charge in [0.2, 0.25) is 5.91 Å². The molecule has 4 rings (SSSR count). The van der Waals surface area contributed by atoms with E-state index in [1.54, 1.807) is 42.5 Å². The van der Waals surface area contributed by atoms with Gasteiger partial charge in [0, 0.05) is 15.7 Å². The summed E-state index contributed by atoms with van der Waals surface area (Å²) in [4.78, 5) is 30.7. The van der Waals surface area contributed by atoms with Crippen molar-refractivity contribution in [2.24, 2.45) is 0 Å². The molecule has 0 aliphatic heterocycles. The number of aryl methyl sites for hydroxylation is 1. The van der Waals surface area contributed by atoms with Gasteiger partial charge in [-0.1, -0.05) is 59.2 Å². The number of nitrogens with zero attached hydrogens (tertiary/aromatic N) is 2. The number of amides is 1. The Morgan fingerprint density at radius 2 is 1.84 bits per heavy atom. The highest BCUT2D eigenvalue weighted by molar-refractivity contribution is 7.99. The number of thioether (sulfide) groups is 1. The lowest BCUT2D eigenvalue weighted by Crippen LogP contribution is -2.23. The minimum absolute atomic E-state index is 0.0658. The second-order valence-corrected chi connectivity index (χ2v) is 9.02. The molecule has 1 aromatic heterocycles. The summed E-state index contributed by atoms with van der Waals surface area (Å²) in [6.45, 7) is 3.74. The lowest BCUT2D eigenvalue weighted by Gasteiger charge is -2.16. The maximum atomic E-state index is 13.4. The van der Waals surface area contributed by atoms with E-state index in [2.05, 4.69) is 10.3 Å². The molecule has 1 N–H and O–H groups in total. The van der Waals surface area contributed by atoms with Crippen molar-refractivity contribution in [3.8, 4) is 5.69 Å². The van der Waals surface area contributed by atoms with Crippen LogP contribution in [-0.2, 0) is 4.79 Å². The lowest BCUT2D eigenvalue weighted by atomic mass is 10.2. The average molecular weight is 484 g/mol. The van der Waals surface area contributed by atoms with Crippen LogP contribution in [0.5, 0.6) is 0 Å². The van der Waals surface area contributed by atoms with E-state index >= 15 is 0 Å². The van der Waals surface area contributed by atoms with E-state index in [0.29, 0.717) is 37.5 Å². The number of carbonyl (C=O) groups is 1. The highest BCUT2D eigenvalue weighted by Gasteiger charge is 2.17. The average Bonchev–Trinajstić information content (AvgIpc) is 2.77. The number of hydrogen-bond acceptors (Lipinski definition) is 4. The number of benzene rings is 3. The summed E-state index contributed by atoms with van der Waals surface area (Å²) < 4.78 is 1.52. The van der Waals surface area contributed by atoms with Crippen LogP contribution in [0.2, 0.25) is 10.0 Å². The maximum absolute atomic E-state index is 13.4. The zero-order chi connectivity index (χ0) is 22.8. The Morgan fingerprint density at radius 3 is 2.66 bits per heavy atom. The molecule has 0 spiro atoms. The molecule has 1 amide bonds. The number of rotatable bonds is 5. The standard InChI is InChI=1S/C24H19Cl2N3O2S/c1-14-10-11-16(25)12-20(14)27-22(30)13-32-24-28-19-8-4-3-6-17(19)23(31)29(24)21-9-5-7-18(26)15(21)2/h3-12H,13H2,1-2H3,(H,27,30). The van der Waals surface area contributed by atoms with Crippen LogP contribution in [0.1, 0.15) is 11.1 Å². The first-order valence-electron chi connectivity index (χ1n) is 9.81. The molecule has 8 heteroatoms. The molecule has 0 fully saturated rings. The number of anilines is 1. The van der Waals surface area contributed by atoms with Crippen LogP contribution in [0.25, 0.3) is 16.6 Å². The van der Waals surface area contributed by atoms with E-state index in [1.165, 1.54) is 16.3 Å². The first-order chi connectivity index (χ1) is 15.3. The van der Waals surface area contributed by atoms with E-state index < -0.39 is 0 Å². The van der Waals surface area contributed by atoms with Crippen molar-refractivity contribution >= 4 is 57.5 Å². The Balaban J connectivity index is 1.71. The molecule has 5 nitrogen and oxygen atoms in total. The van der Waals surface area contributed by atoms with Gasteiger partial charge in [-0.15, -0.1) is 0 Å². The molecule has 4 aromatic rings. The summed E-state index contributed by atoms with van der Waals surface area (Å²) in [5.41, 5.74) is 3.31. The Kier molecular flexibility index (Phi) is 6.55. The highest BCUT2D eigenvalue weighted by Crippen LogP contribution is 2.27. The molecule has 0 unspecified atom stereocenters. The molecule has 1 heterocycles. The fourth-order valence-corrected chi connectivity index (χ4v) is 4.45. The number of fused-ring (bicyclic) bond motifs is 1. The molecular weight excluding hydrogens is 465 g/mol. The smallest absolute Gasteiger partial charge is 0.266 e. The van der Waals surface area contributed by atoms with E-state index in [9.17, 15) is 9.59 Å². The molecule has 0 saturated heterocycles. The first-order valence-corrected chi connectivity index (χ1v) is 11.6. The molecule has 0 atom stereocenters. The third-order valence-electron chi connectivity index (χ3n) is 5.03. The largest absolute Gasteiger partial charge is 0.325 e. The predicted molar refractivity (Wildman–Crippen MR) is 133 cm³/mol. The van der Waals surface area contributed by atoms with Gasteiger partial charge in [-0.2, -0.15) is 0 Å². The van der Waals surface area contributed by atoms with Gasteiger partial charge in [0.25, 0.3) is 5.56 Å². The van der Waals surface area contributed by atoms with Crippen LogP contribution < -0.4 is 10.9 Å². The van der Waals surface area contributed by atoms with Crippen LogP contribution in [0.4, 0.5) is 5.69 Å². The fraction of sp³-hybridized carbons (Fsp3) is 0.125. The molecule has 32 heavy (non-hydrogen) atoms. The number of para-hydroxylation sites is 1. The van der Waals surface area contributed by atoms with E-state index in [-0.39, 0.29) is 17.2 Å². The third-order valence-corrected chi connectivity index (χ3v) is 6.61. The van der Waals surface area contributed by atoms with Gasteiger partial charge < -0.3 is 5.32 Å². The summed E-state index contributed by atoms with van der Waals surface area (Å²) in [5, 5.41) is 4.87. The van der Waals surface area contributed by atoms with E-state index in [1.807, 2.05) is 32.0 Å². The monoisotopic (exact) mass is 483 g/mol. The number of nitrogens with one attached hydrogen (secondary N) is 1. The lowest BCUT2D eigenvalue weighted by molar-refractivity contribution is -0.113. The van der Waals surface area contributed by atoms with Crippen LogP contribution in [0, 0.1) is 13.8 Å². The summed E-state index contributed by atoms with van der Waals surface area (Å²) >= 11 is 13.5. The van der Waals surface area contributed by atoms with Crippen LogP contribution in [0.15, 0.2) is 70.6 Å². The quantitative estimate of drug-likeness (QED) is 0.277. The van der Waals surface area contributed by atoms with Crippen molar-refractivity contribution in [3.05, 3.63) is 92.2 Å². The van der Waals surface area contributed by atoms with Crippen molar-refractivity contribution in [2.45, 2.75) is 19.0 Å². The number of carbonyl (C=O) groups excluding carboxylic acids is 1. The van der Waals surface area contributed by atoms with Crippen molar-refractivity contribution < 1.29 is 4.79 Å². The minimum atomic E-state index is -0.225. The second kappa shape index (κ2) is 9.36. The van der Waals surface area contributed by atoms with E-state index in [4.69, 9.17) is 23.2 Å². The Labute approximate surface area is 199 Å². The number of aromatic nitrogens is 2. The Hall–Kier alpha value is -2.80. The van der Waals surface area contributed by atoms with Crippen LogP contribution in [0.3, 0.4) is 0 Å². The fourth-order valence-electron chi connectivity index (χ4n) is 3.31. The Morgan fingerprint density at radius 1 is 1.06 bits per heavy atom. The zero-order valence-electron chi connectivity index (χ0n) is 17.4. The van der Waals surface area contributed by atoms with Crippen molar-refractivity contribution in [3.63, 3.8) is 0 Å². The summed E-state index contributed by atoms with van der Waals surface area (Å²) in [6, 6.07) is 17.8. The van der Waals surface area contributed by atoms with Gasteiger partial charge in [-0.25, -0.2) is 4.98 Å². The third kappa shape index (κ3) is 4.53. The molecule has 0 aliphatic rings. The SMILES string of the molecule is Cc1ccc(Cl)cc1NC(=O)CSc1nc2ccccc2c(=O)n1-c1cccc(Cl)c1C. The molecule has 0 radical (unpaired) electrons. The molecule has 0 saturated carbocycles. The zero-order valence-corrected chi connectivity index (χ0v) is 19.7. The van der Waals surface area contributed by atoms with Gasteiger partial charge in [0.1, 0.15) is 0 Å². The van der Waals surface area contributed by atoms with Gasteiger partial charge in [0.05, 0.1) is 22.3 Å². The van der Waals surface area contributed by atoms with Crippen molar-refractivity contribution in [1.29, 1.82) is 0 Å². The topological polar surface area (TPSA) is 64.0 Å². The number of hydrogen-bond donors (Lipinski definition) is 1. The summed E-state index contributed by atoms with van der Waals surface area (Å²) in [5.74, 6) is -0.159. The maximum Gasteiger partial charge on any atom is 0.266 e. The van der Waals surface area contributed by atoms with E-state index in [0.717, 1.165) is 11.1 Å². The predicted octanol–water partition coefficient (Wildman–Crippen LogP) is 6.04. The normalized spacial score (nSPS) is 11.0. The van der Waals surface area contributed by atoms with Gasteiger partial charge in [-0.3, -0.25) is 14.2 Å². The van der Waals surface area contributed by atoms with Crippen molar-refractivity contribution in [2.75, 3.05) is 11.1 Å². The minimum Gasteiger partial charge on any atom is -0.325 e. The molecule has 0 bridgehead atoms. The molecule has 0 aliphatic carbocycles. The van der Waals surface area contributed by atoms with Crippen LogP contribution >= 0.6 is 35.0 Å². The van der Waals surface area contributed by atoms with Gasteiger partial charge in [-0.05, 0) is 61.4 Å². The summed E-state index contributed by atoms with van der Waals surface area (Å²) in [7, 11) is 0. The van der Waals surface area contributed by atoms with Crippen molar-refractivity contribution in [1.82, 2.24) is 9.55 Å². The highest BCUT2D eigenvalue weighted by atomic mass is 35.5. The van der Waals surface area contributed by atoms with Gasteiger partial charge in [0.15, 0.2) is 5.16 Å². The number of halogens is 2. The first kappa shape index (κ1) is 22.4. The molecule has 3 aromatic carbocycles. The summed E-state index contributed by atoms with van der Waals surface area (Å²) in [6.07, 6.45) is 0. The Bertz CT molecular complexity index is 1400. The second-order valence-electron chi connectivity index (χ2n) is 7.23. The molecular formula is C24H19Cl2N3O2S. The molecule has 162 valence electrons. The van der Waals surface area contributed by atoms with Crippen LogP contribution in [-0.4, -0.2) is 21.2 Å².